The molecule has 18 heavy (non-hydrogen) atoms. The van der Waals surface area contributed by atoms with Crippen LogP contribution in [0.5, 0.6) is 0 Å². The minimum atomic E-state index is -0.590. The van der Waals surface area contributed by atoms with Crippen molar-refractivity contribution in [2.45, 2.75) is 26.3 Å². The predicted octanol–water partition coefficient (Wildman–Crippen LogP) is 1.47. The zero-order valence-electron chi connectivity index (χ0n) is 10.7. The fraction of sp³-hybridized carbons (Fsp3) is 0.429. The third kappa shape index (κ3) is 2.29. The van der Waals surface area contributed by atoms with E-state index in [2.05, 4.69) is 0 Å². The van der Waals surface area contributed by atoms with Gasteiger partial charge < -0.3 is 5.73 Å². The molecule has 2 amide bonds. The van der Waals surface area contributed by atoms with E-state index >= 15 is 0 Å². The number of nitrogens with two attached hydrogens (primary N) is 1. The van der Waals surface area contributed by atoms with E-state index in [1.54, 1.807) is 13.8 Å². The smallest absolute Gasteiger partial charge is 0.235 e. The summed E-state index contributed by atoms with van der Waals surface area (Å²) in [5.41, 5.74) is 6.39. The van der Waals surface area contributed by atoms with Gasteiger partial charge in [0, 0.05) is 19.0 Å². The minimum Gasteiger partial charge on any atom is -0.322 e. The lowest BCUT2D eigenvalue weighted by Crippen LogP contribution is -2.38. The number of nitrogens with zero attached hydrogens (tertiary/aromatic N) is 1. The number of carbonyl (C=O) groups is 2. The Morgan fingerprint density at radius 3 is 2.39 bits per heavy atom. The van der Waals surface area contributed by atoms with Gasteiger partial charge in [0.1, 0.15) is 0 Å². The number of benzene rings is 1. The van der Waals surface area contributed by atoms with Crippen LogP contribution < -0.4 is 5.73 Å². The SMILES string of the molecule is CC1(C)CC(=O)N(CC(N)c2ccccc2)C1=O. The second-order valence-corrected chi connectivity index (χ2v) is 5.39. The number of hydrogen-bond donors (Lipinski definition) is 1. The van der Waals surface area contributed by atoms with Gasteiger partial charge in [-0.1, -0.05) is 44.2 Å². The second-order valence-electron chi connectivity index (χ2n) is 5.39. The van der Waals surface area contributed by atoms with Gasteiger partial charge in [0.05, 0.1) is 5.41 Å². The Balaban J connectivity index is 2.11. The van der Waals surface area contributed by atoms with Crippen LogP contribution in [0.15, 0.2) is 30.3 Å². The van der Waals surface area contributed by atoms with Crippen molar-refractivity contribution in [3.8, 4) is 0 Å². The van der Waals surface area contributed by atoms with E-state index in [4.69, 9.17) is 5.73 Å². The number of likely N-dealkylation sites (tertiary alicyclic amines) is 1. The molecule has 1 heterocycles. The molecule has 4 nitrogen and oxygen atoms in total. The van der Waals surface area contributed by atoms with Gasteiger partial charge in [0.25, 0.3) is 0 Å². The van der Waals surface area contributed by atoms with E-state index in [-0.39, 0.29) is 30.8 Å². The van der Waals surface area contributed by atoms with Gasteiger partial charge in [-0.05, 0) is 5.56 Å². The Labute approximate surface area is 107 Å². The molecule has 0 aliphatic carbocycles. The standard InChI is InChI=1S/C14H18N2O2/c1-14(2)8-12(17)16(13(14)18)9-11(15)10-6-4-3-5-7-10/h3-7,11H,8-9,15H2,1-2H3. The summed E-state index contributed by atoms with van der Waals surface area (Å²) < 4.78 is 0. The van der Waals surface area contributed by atoms with Crippen molar-refractivity contribution in [1.29, 1.82) is 0 Å². The molecule has 1 aliphatic heterocycles. The van der Waals surface area contributed by atoms with Crippen molar-refractivity contribution in [3.63, 3.8) is 0 Å². The second kappa shape index (κ2) is 4.53. The zero-order chi connectivity index (χ0) is 13.3. The van der Waals surface area contributed by atoms with Gasteiger partial charge in [0.2, 0.25) is 11.8 Å². The lowest BCUT2D eigenvalue weighted by atomic mass is 9.92. The molecular formula is C14H18N2O2. The first-order chi connectivity index (χ1) is 8.42. The molecule has 4 heteroatoms. The van der Waals surface area contributed by atoms with Crippen molar-refractivity contribution in [2.24, 2.45) is 11.1 Å². The molecule has 2 N–H and O–H groups in total. The Morgan fingerprint density at radius 1 is 1.28 bits per heavy atom. The molecule has 0 spiro atoms. The molecule has 1 aromatic carbocycles. The van der Waals surface area contributed by atoms with E-state index in [0.29, 0.717) is 0 Å². The van der Waals surface area contributed by atoms with Crippen molar-refractivity contribution in [3.05, 3.63) is 35.9 Å². The van der Waals surface area contributed by atoms with E-state index in [1.807, 2.05) is 30.3 Å². The monoisotopic (exact) mass is 246 g/mol. The fourth-order valence-electron chi connectivity index (χ4n) is 2.21. The normalized spacial score (nSPS) is 20.3. The molecule has 1 aromatic rings. The van der Waals surface area contributed by atoms with Crippen LogP contribution in [0.4, 0.5) is 0 Å². The molecule has 0 bridgehead atoms. The molecule has 2 rings (SSSR count). The van der Waals surface area contributed by atoms with Gasteiger partial charge in [-0.3, -0.25) is 14.5 Å². The molecular weight excluding hydrogens is 228 g/mol. The van der Waals surface area contributed by atoms with E-state index in [1.165, 1.54) is 4.90 Å². The molecule has 96 valence electrons. The van der Waals surface area contributed by atoms with Gasteiger partial charge in [-0.25, -0.2) is 0 Å². The van der Waals surface area contributed by atoms with E-state index in [0.717, 1.165) is 5.56 Å². The van der Waals surface area contributed by atoms with Gasteiger partial charge in [0.15, 0.2) is 0 Å². The maximum absolute atomic E-state index is 12.1. The number of carbonyl (C=O) groups excluding carboxylic acids is 2. The third-order valence-electron chi connectivity index (χ3n) is 3.33. The molecule has 1 saturated heterocycles. The molecule has 1 aliphatic rings. The van der Waals surface area contributed by atoms with Crippen LogP contribution in [0.3, 0.4) is 0 Å². The van der Waals surface area contributed by atoms with Crippen molar-refractivity contribution < 1.29 is 9.59 Å². The molecule has 0 aromatic heterocycles. The quantitative estimate of drug-likeness (QED) is 0.821. The highest BCUT2D eigenvalue weighted by molar-refractivity contribution is 6.05. The van der Waals surface area contributed by atoms with Crippen LogP contribution >= 0.6 is 0 Å². The molecule has 0 saturated carbocycles. The first-order valence-electron chi connectivity index (χ1n) is 6.07. The van der Waals surface area contributed by atoms with Gasteiger partial charge >= 0.3 is 0 Å². The topological polar surface area (TPSA) is 63.4 Å². The summed E-state index contributed by atoms with van der Waals surface area (Å²) >= 11 is 0. The first-order valence-corrected chi connectivity index (χ1v) is 6.07. The Kier molecular flexibility index (Phi) is 3.22. The lowest BCUT2D eigenvalue weighted by Gasteiger charge is -2.21. The average Bonchev–Trinajstić information content (AvgIpc) is 2.52. The molecule has 1 atom stereocenters. The summed E-state index contributed by atoms with van der Waals surface area (Å²) in [5, 5.41) is 0. The van der Waals surface area contributed by atoms with Crippen LogP contribution in [0.25, 0.3) is 0 Å². The van der Waals surface area contributed by atoms with Gasteiger partial charge in [-0.15, -0.1) is 0 Å². The van der Waals surface area contributed by atoms with Crippen molar-refractivity contribution in [1.82, 2.24) is 4.90 Å². The maximum Gasteiger partial charge on any atom is 0.235 e. The number of hydrogen-bond acceptors (Lipinski definition) is 3. The lowest BCUT2D eigenvalue weighted by molar-refractivity contribution is -0.141. The Bertz CT molecular complexity index is 468. The predicted molar refractivity (Wildman–Crippen MR) is 68.5 cm³/mol. The van der Waals surface area contributed by atoms with E-state index < -0.39 is 5.41 Å². The summed E-state index contributed by atoms with van der Waals surface area (Å²) in [7, 11) is 0. The van der Waals surface area contributed by atoms with E-state index in [9.17, 15) is 9.59 Å². The molecule has 1 unspecified atom stereocenters. The molecule has 0 radical (unpaired) electrons. The minimum absolute atomic E-state index is 0.126. The van der Waals surface area contributed by atoms with Crippen LogP contribution in [-0.4, -0.2) is 23.3 Å². The van der Waals surface area contributed by atoms with Gasteiger partial charge in [-0.2, -0.15) is 0 Å². The summed E-state index contributed by atoms with van der Waals surface area (Å²) in [6.07, 6.45) is 0.271. The summed E-state index contributed by atoms with van der Waals surface area (Å²) in [4.78, 5) is 25.2. The van der Waals surface area contributed by atoms with Crippen LogP contribution in [0, 0.1) is 5.41 Å². The third-order valence-corrected chi connectivity index (χ3v) is 3.33. The molecule has 1 fully saturated rings. The largest absolute Gasteiger partial charge is 0.322 e. The average molecular weight is 246 g/mol. The fourth-order valence-corrected chi connectivity index (χ4v) is 2.21. The maximum atomic E-state index is 12.1. The number of imide groups is 1. The highest BCUT2D eigenvalue weighted by Crippen LogP contribution is 2.32. The highest BCUT2D eigenvalue weighted by atomic mass is 16.2. The Morgan fingerprint density at radius 2 is 1.89 bits per heavy atom. The number of rotatable bonds is 3. The Hall–Kier alpha value is -1.68. The highest BCUT2D eigenvalue weighted by Gasteiger charge is 2.44. The van der Waals surface area contributed by atoms with Crippen LogP contribution in [0.1, 0.15) is 31.9 Å². The van der Waals surface area contributed by atoms with Crippen molar-refractivity contribution in [2.75, 3.05) is 6.54 Å². The summed E-state index contributed by atoms with van der Waals surface area (Å²) in [5.74, 6) is -0.254. The summed E-state index contributed by atoms with van der Waals surface area (Å²) in [6.45, 7) is 3.84. The first kappa shape index (κ1) is 12.8. The van der Waals surface area contributed by atoms with Crippen LogP contribution in [-0.2, 0) is 9.59 Å². The van der Waals surface area contributed by atoms with Crippen molar-refractivity contribution >= 4 is 11.8 Å². The zero-order valence-corrected chi connectivity index (χ0v) is 10.7. The number of amides is 2. The summed E-state index contributed by atoms with van der Waals surface area (Å²) in [6, 6.07) is 9.18. The van der Waals surface area contributed by atoms with Crippen LogP contribution in [0.2, 0.25) is 0 Å².